The summed E-state index contributed by atoms with van der Waals surface area (Å²) in [5.41, 5.74) is 7.04. The van der Waals surface area contributed by atoms with E-state index in [1.165, 1.54) is 0 Å². The number of amidine groups is 1. The molecule has 1 aromatic rings. The van der Waals surface area contributed by atoms with Crippen molar-refractivity contribution in [3.8, 4) is 0 Å². The molecule has 0 aliphatic carbocycles. The Morgan fingerprint density at radius 1 is 1.50 bits per heavy atom. The zero-order chi connectivity index (χ0) is 13.1. The Hall–Kier alpha value is -1.26. The highest BCUT2D eigenvalue weighted by Crippen LogP contribution is 2.31. The summed E-state index contributed by atoms with van der Waals surface area (Å²) in [5, 5.41) is 17.6. The van der Waals surface area contributed by atoms with Gasteiger partial charge in [0.2, 0.25) is 0 Å². The van der Waals surface area contributed by atoms with E-state index in [-0.39, 0.29) is 18.5 Å². The monoisotopic (exact) mass is 267 g/mol. The van der Waals surface area contributed by atoms with Crippen LogP contribution in [-0.4, -0.2) is 30.1 Å². The van der Waals surface area contributed by atoms with Crippen LogP contribution in [-0.2, 0) is 0 Å². The van der Waals surface area contributed by atoms with Crippen LogP contribution in [0.4, 0.5) is 5.69 Å². The van der Waals surface area contributed by atoms with Gasteiger partial charge in [-0.1, -0.05) is 17.7 Å². The van der Waals surface area contributed by atoms with Crippen LogP contribution < -0.4 is 10.6 Å². The van der Waals surface area contributed by atoms with E-state index in [9.17, 15) is 5.11 Å². The zero-order valence-electron chi connectivity index (χ0n) is 10.2. The molecule has 1 unspecified atom stereocenters. The number of aliphatic hydroxyl groups excluding tert-OH is 1. The summed E-state index contributed by atoms with van der Waals surface area (Å²) in [6.07, 6.45) is 3.17. The molecule has 0 spiro atoms. The molecule has 4 nitrogen and oxygen atoms in total. The summed E-state index contributed by atoms with van der Waals surface area (Å²) in [7, 11) is 0. The Balaban J connectivity index is 2.42. The van der Waals surface area contributed by atoms with Crippen LogP contribution in [0.25, 0.3) is 0 Å². The van der Waals surface area contributed by atoms with Crippen LogP contribution in [0.15, 0.2) is 18.2 Å². The molecule has 2 rings (SSSR count). The van der Waals surface area contributed by atoms with E-state index in [1.807, 2.05) is 12.1 Å². The van der Waals surface area contributed by atoms with Gasteiger partial charge in [-0.3, -0.25) is 5.41 Å². The molecule has 1 aliphatic heterocycles. The van der Waals surface area contributed by atoms with Gasteiger partial charge >= 0.3 is 0 Å². The molecule has 1 heterocycles. The van der Waals surface area contributed by atoms with Crippen molar-refractivity contribution in [3.05, 3.63) is 28.8 Å². The first-order valence-electron chi connectivity index (χ1n) is 6.15. The molecule has 0 bridgehead atoms. The maximum atomic E-state index is 9.46. The van der Waals surface area contributed by atoms with E-state index in [2.05, 4.69) is 4.90 Å². The number of nitrogens with zero attached hydrogens (tertiary/aromatic N) is 1. The second-order valence-corrected chi connectivity index (χ2v) is 4.98. The zero-order valence-corrected chi connectivity index (χ0v) is 11.0. The van der Waals surface area contributed by atoms with E-state index < -0.39 is 0 Å². The third-order valence-corrected chi connectivity index (χ3v) is 3.72. The maximum absolute atomic E-state index is 9.46. The molecule has 1 aromatic carbocycles. The van der Waals surface area contributed by atoms with Gasteiger partial charge in [-0.25, -0.2) is 0 Å². The van der Waals surface area contributed by atoms with Crippen LogP contribution in [0.1, 0.15) is 24.8 Å². The summed E-state index contributed by atoms with van der Waals surface area (Å²) in [6, 6.07) is 5.60. The molecule has 1 atom stereocenters. The fourth-order valence-corrected chi connectivity index (χ4v) is 2.80. The number of hydrogen-bond donors (Lipinski definition) is 3. The molecule has 1 fully saturated rings. The largest absolute Gasteiger partial charge is 0.394 e. The second-order valence-electron chi connectivity index (χ2n) is 4.57. The number of hydrogen-bond acceptors (Lipinski definition) is 3. The van der Waals surface area contributed by atoms with Crippen molar-refractivity contribution in [3.63, 3.8) is 0 Å². The van der Waals surface area contributed by atoms with E-state index in [0.717, 1.165) is 31.5 Å². The smallest absolute Gasteiger partial charge is 0.126 e. The minimum absolute atomic E-state index is 0.0298. The van der Waals surface area contributed by atoms with Crippen LogP contribution >= 0.6 is 11.6 Å². The van der Waals surface area contributed by atoms with E-state index in [4.69, 9.17) is 22.7 Å². The van der Waals surface area contributed by atoms with Crippen molar-refractivity contribution in [1.29, 1.82) is 5.41 Å². The normalized spacial score (nSPS) is 19.9. The summed E-state index contributed by atoms with van der Waals surface area (Å²) in [4.78, 5) is 2.12. The number of piperidine rings is 1. The summed E-state index contributed by atoms with van der Waals surface area (Å²) in [5.74, 6) is -0.0298. The summed E-state index contributed by atoms with van der Waals surface area (Å²) < 4.78 is 0. The second kappa shape index (κ2) is 5.59. The third-order valence-electron chi connectivity index (χ3n) is 3.41. The molecule has 0 amide bonds. The molecule has 0 saturated carbocycles. The van der Waals surface area contributed by atoms with Gasteiger partial charge < -0.3 is 15.7 Å². The highest BCUT2D eigenvalue weighted by molar-refractivity contribution is 6.34. The Morgan fingerprint density at radius 2 is 2.28 bits per heavy atom. The average Bonchev–Trinajstić information content (AvgIpc) is 2.38. The highest BCUT2D eigenvalue weighted by Gasteiger charge is 2.25. The lowest BCUT2D eigenvalue weighted by molar-refractivity contribution is 0.240. The van der Waals surface area contributed by atoms with Gasteiger partial charge in [0.05, 0.1) is 23.2 Å². The van der Waals surface area contributed by atoms with Gasteiger partial charge in [0.1, 0.15) is 5.84 Å². The van der Waals surface area contributed by atoms with Crippen molar-refractivity contribution in [2.24, 2.45) is 5.73 Å². The number of rotatable bonds is 3. The SMILES string of the molecule is N=C(N)c1c(Cl)cccc1N1CCCCC1CO. The quantitative estimate of drug-likeness (QED) is 0.579. The number of nitrogens with two attached hydrogens (primary N) is 1. The molecule has 1 aliphatic rings. The third kappa shape index (κ3) is 2.44. The molecule has 18 heavy (non-hydrogen) atoms. The van der Waals surface area contributed by atoms with Gasteiger partial charge in [-0.2, -0.15) is 0 Å². The number of nitrogens with one attached hydrogen (secondary N) is 1. The van der Waals surface area contributed by atoms with Gasteiger partial charge in [0.15, 0.2) is 0 Å². The molecule has 1 saturated heterocycles. The predicted molar refractivity (Wildman–Crippen MR) is 74.5 cm³/mol. The Bertz CT molecular complexity index is 450. The number of anilines is 1. The predicted octanol–water partition coefficient (Wildman–Crippen LogP) is 1.98. The molecule has 4 N–H and O–H groups in total. The molecular formula is C13H18ClN3O. The standard InChI is InChI=1S/C13H18ClN3O/c14-10-5-3-6-11(12(10)13(15)16)17-7-2-1-4-9(17)8-18/h3,5-6,9,18H,1-2,4,7-8H2,(H3,15,16). The molecule has 0 radical (unpaired) electrons. The fraction of sp³-hybridized carbons (Fsp3) is 0.462. The van der Waals surface area contributed by atoms with E-state index in [0.29, 0.717) is 10.6 Å². The molecule has 5 heteroatoms. The minimum atomic E-state index is -0.0298. The lowest BCUT2D eigenvalue weighted by atomic mass is 10.00. The first-order chi connectivity index (χ1) is 8.65. The minimum Gasteiger partial charge on any atom is -0.394 e. The van der Waals surface area contributed by atoms with Gasteiger partial charge in [0, 0.05) is 12.2 Å². The van der Waals surface area contributed by atoms with Crippen molar-refractivity contribution < 1.29 is 5.11 Å². The van der Waals surface area contributed by atoms with Gasteiger partial charge in [-0.15, -0.1) is 0 Å². The van der Waals surface area contributed by atoms with Crippen molar-refractivity contribution in [1.82, 2.24) is 0 Å². The average molecular weight is 268 g/mol. The lowest BCUT2D eigenvalue weighted by Crippen LogP contribution is -2.42. The van der Waals surface area contributed by atoms with Crippen LogP contribution in [0.2, 0.25) is 5.02 Å². The van der Waals surface area contributed by atoms with Crippen LogP contribution in [0.3, 0.4) is 0 Å². The highest BCUT2D eigenvalue weighted by atomic mass is 35.5. The molecule has 0 aromatic heterocycles. The van der Waals surface area contributed by atoms with Crippen molar-refractivity contribution in [2.45, 2.75) is 25.3 Å². The van der Waals surface area contributed by atoms with Crippen LogP contribution in [0.5, 0.6) is 0 Å². The fourth-order valence-electron chi connectivity index (χ4n) is 2.53. The van der Waals surface area contributed by atoms with Crippen molar-refractivity contribution in [2.75, 3.05) is 18.1 Å². The van der Waals surface area contributed by atoms with E-state index in [1.54, 1.807) is 6.07 Å². The molecule has 98 valence electrons. The first kappa shape index (κ1) is 13.2. The van der Waals surface area contributed by atoms with Gasteiger partial charge in [-0.05, 0) is 31.4 Å². The number of benzene rings is 1. The Morgan fingerprint density at radius 3 is 2.94 bits per heavy atom. The summed E-state index contributed by atoms with van der Waals surface area (Å²) >= 11 is 6.12. The lowest BCUT2D eigenvalue weighted by Gasteiger charge is -2.37. The number of aliphatic hydroxyl groups is 1. The first-order valence-corrected chi connectivity index (χ1v) is 6.53. The topological polar surface area (TPSA) is 73.3 Å². The number of nitrogen functional groups attached to an aromatic ring is 1. The molecular weight excluding hydrogens is 250 g/mol. The Labute approximate surface area is 112 Å². The Kier molecular flexibility index (Phi) is 4.09. The maximum Gasteiger partial charge on any atom is 0.126 e. The summed E-state index contributed by atoms with van der Waals surface area (Å²) in [6.45, 7) is 0.982. The van der Waals surface area contributed by atoms with Crippen LogP contribution in [0, 0.1) is 5.41 Å². The van der Waals surface area contributed by atoms with Gasteiger partial charge in [0.25, 0.3) is 0 Å². The van der Waals surface area contributed by atoms with E-state index >= 15 is 0 Å². The van der Waals surface area contributed by atoms with Crippen molar-refractivity contribution >= 4 is 23.1 Å². The number of halogens is 1.